The van der Waals surface area contributed by atoms with E-state index in [0.717, 1.165) is 26.9 Å². The van der Waals surface area contributed by atoms with E-state index in [1.165, 1.54) is 11.8 Å². The number of hydrogen-bond acceptors (Lipinski definition) is 4. The largest absolute Gasteiger partial charge is 0.488 e. The summed E-state index contributed by atoms with van der Waals surface area (Å²) in [7, 11) is 0. The van der Waals surface area contributed by atoms with Gasteiger partial charge in [-0.1, -0.05) is 68.6 Å². The highest BCUT2D eigenvalue weighted by Gasteiger charge is 2.05. The Balaban J connectivity index is 1.55. The zero-order valence-corrected chi connectivity index (χ0v) is 18.5. The fraction of sp³-hybridized carbons (Fsp3) is 0.167. The standard InChI is InChI=1S/C24H23BrN2O3/c1-17-3-7-19(8-4-17)15-29-23-12-9-21(25)13-20(23)14-26-30-16-24(28)27-22-10-5-18(2)6-11-22/h3-14H,15-16H2,1-2H3,(H,27,28)/b26-14+. The summed E-state index contributed by atoms with van der Waals surface area (Å²) in [4.78, 5) is 17.1. The van der Waals surface area contributed by atoms with Crippen LogP contribution in [0.1, 0.15) is 22.3 Å². The Morgan fingerprint density at radius 1 is 1.00 bits per heavy atom. The highest BCUT2D eigenvalue weighted by molar-refractivity contribution is 9.10. The van der Waals surface area contributed by atoms with Crippen LogP contribution in [0, 0.1) is 13.8 Å². The molecule has 3 aromatic carbocycles. The number of nitrogens with one attached hydrogen (secondary N) is 1. The molecule has 0 aromatic heterocycles. The third kappa shape index (κ3) is 6.74. The topological polar surface area (TPSA) is 59.9 Å². The summed E-state index contributed by atoms with van der Waals surface area (Å²) in [6.45, 7) is 4.31. The van der Waals surface area contributed by atoms with Gasteiger partial charge in [0, 0.05) is 15.7 Å². The van der Waals surface area contributed by atoms with E-state index in [2.05, 4.69) is 45.5 Å². The number of hydrogen-bond donors (Lipinski definition) is 1. The van der Waals surface area contributed by atoms with E-state index in [-0.39, 0.29) is 12.5 Å². The van der Waals surface area contributed by atoms with E-state index in [1.807, 2.05) is 61.5 Å². The lowest BCUT2D eigenvalue weighted by Gasteiger charge is -2.10. The zero-order valence-electron chi connectivity index (χ0n) is 16.9. The Morgan fingerprint density at radius 3 is 2.37 bits per heavy atom. The van der Waals surface area contributed by atoms with Crippen molar-refractivity contribution in [3.05, 3.63) is 93.5 Å². The summed E-state index contributed by atoms with van der Waals surface area (Å²) in [6.07, 6.45) is 1.54. The molecule has 1 amide bonds. The van der Waals surface area contributed by atoms with Crippen molar-refractivity contribution in [1.29, 1.82) is 0 Å². The van der Waals surface area contributed by atoms with Crippen molar-refractivity contribution in [3.8, 4) is 5.75 Å². The number of oxime groups is 1. The monoisotopic (exact) mass is 466 g/mol. The van der Waals surface area contributed by atoms with E-state index >= 15 is 0 Å². The maximum Gasteiger partial charge on any atom is 0.265 e. The second-order valence-corrected chi connectivity index (χ2v) is 7.79. The van der Waals surface area contributed by atoms with Gasteiger partial charge in [0.05, 0.1) is 6.21 Å². The molecule has 3 rings (SSSR count). The van der Waals surface area contributed by atoms with Crippen LogP contribution in [0.4, 0.5) is 5.69 Å². The minimum absolute atomic E-state index is 0.183. The minimum atomic E-state index is -0.277. The van der Waals surface area contributed by atoms with Gasteiger partial charge in [0.2, 0.25) is 0 Å². The second kappa shape index (κ2) is 10.6. The highest BCUT2D eigenvalue weighted by atomic mass is 79.9. The fourth-order valence-corrected chi connectivity index (χ4v) is 3.00. The smallest absolute Gasteiger partial charge is 0.265 e. The van der Waals surface area contributed by atoms with Crippen LogP contribution in [-0.2, 0) is 16.2 Å². The first-order chi connectivity index (χ1) is 14.5. The van der Waals surface area contributed by atoms with Crippen LogP contribution >= 0.6 is 15.9 Å². The van der Waals surface area contributed by atoms with Crippen LogP contribution in [-0.4, -0.2) is 18.7 Å². The molecular formula is C24H23BrN2O3. The molecule has 1 N–H and O–H groups in total. The minimum Gasteiger partial charge on any atom is -0.488 e. The molecule has 0 saturated heterocycles. The van der Waals surface area contributed by atoms with E-state index < -0.39 is 0 Å². The number of anilines is 1. The molecule has 30 heavy (non-hydrogen) atoms. The lowest BCUT2D eigenvalue weighted by atomic mass is 10.1. The Labute approximate surface area is 184 Å². The third-order valence-electron chi connectivity index (χ3n) is 4.28. The molecule has 0 unspecified atom stereocenters. The Morgan fingerprint density at radius 2 is 1.67 bits per heavy atom. The van der Waals surface area contributed by atoms with Crippen molar-refractivity contribution in [3.63, 3.8) is 0 Å². The molecule has 0 aliphatic carbocycles. The van der Waals surface area contributed by atoms with Gasteiger partial charge in [0.25, 0.3) is 5.91 Å². The Kier molecular flexibility index (Phi) is 7.63. The maximum absolute atomic E-state index is 12.0. The third-order valence-corrected chi connectivity index (χ3v) is 4.78. The van der Waals surface area contributed by atoms with Gasteiger partial charge < -0.3 is 14.9 Å². The number of nitrogens with zero attached hydrogens (tertiary/aromatic N) is 1. The Hall–Kier alpha value is -3.12. The molecule has 0 atom stereocenters. The normalized spacial score (nSPS) is 10.8. The highest BCUT2D eigenvalue weighted by Crippen LogP contribution is 2.23. The number of carbonyl (C=O) groups excluding carboxylic acids is 1. The molecule has 0 fully saturated rings. The quantitative estimate of drug-likeness (QED) is 0.345. The number of aryl methyl sites for hydroxylation is 2. The molecule has 0 aliphatic heterocycles. The molecule has 0 heterocycles. The van der Waals surface area contributed by atoms with Gasteiger partial charge in [-0.2, -0.15) is 0 Å². The van der Waals surface area contributed by atoms with E-state index in [9.17, 15) is 4.79 Å². The van der Waals surface area contributed by atoms with Crippen LogP contribution in [0.2, 0.25) is 0 Å². The van der Waals surface area contributed by atoms with Crippen LogP contribution in [0.25, 0.3) is 0 Å². The average molecular weight is 467 g/mol. The fourth-order valence-electron chi connectivity index (χ4n) is 2.62. The molecule has 0 radical (unpaired) electrons. The maximum atomic E-state index is 12.0. The van der Waals surface area contributed by atoms with Gasteiger partial charge in [-0.3, -0.25) is 4.79 Å². The lowest BCUT2D eigenvalue weighted by Crippen LogP contribution is -2.16. The lowest BCUT2D eigenvalue weighted by molar-refractivity contribution is -0.120. The van der Waals surface area contributed by atoms with E-state index in [1.54, 1.807) is 0 Å². The van der Waals surface area contributed by atoms with Crippen LogP contribution in [0.15, 0.2) is 76.4 Å². The number of benzene rings is 3. The predicted molar refractivity (Wildman–Crippen MR) is 123 cm³/mol. The molecule has 0 saturated carbocycles. The van der Waals surface area contributed by atoms with Crippen molar-refractivity contribution in [2.75, 3.05) is 11.9 Å². The summed E-state index contributed by atoms with van der Waals surface area (Å²) < 4.78 is 6.83. The average Bonchev–Trinajstić information content (AvgIpc) is 2.73. The molecule has 0 spiro atoms. The van der Waals surface area contributed by atoms with Gasteiger partial charge in [-0.15, -0.1) is 0 Å². The molecule has 0 bridgehead atoms. The molecule has 0 aliphatic rings. The van der Waals surface area contributed by atoms with E-state index in [0.29, 0.717) is 12.4 Å². The predicted octanol–water partition coefficient (Wildman–Crippen LogP) is 5.63. The number of amides is 1. The van der Waals surface area contributed by atoms with Crippen molar-refractivity contribution in [1.82, 2.24) is 0 Å². The SMILES string of the molecule is Cc1ccc(COc2ccc(Br)cc2/C=N/OCC(=O)Nc2ccc(C)cc2)cc1. The van der Waals surface area contributed by atoms with Gasteiger partial charge >= 0.3 is 0 Å². The van der Waals surface area contributed by atoms with E-state index in [4.69, 9.17) is 9.57 Å². The number of carbonyl (C=O) groups is 1. The summed E-state index contributed by atoms with van der Waals surface area (Å²) >= 11 is 3.45. The van der Waals surface area contributed by atoms with Gasteiger partial charge in [0.1, 0.15) is 12.4 Å². The number of halogens is 1. The van der Waals surface area contributed by atoms with Crippen molar-refractivity contribution >= 4 is 33.7 Å². The molecule has 6 heteroatoms. The molecule has 5 nitrogen and oxygen atoms in total. The summed E-state index contributed by atoms with van der Waals surface area (Å²) in [5.41, 5.74) is 4.88. The first-order valence-corrected chi connectivity index (χ1v) is 10.3. The summed E-state index contributed by atoms with van der Waals surface area (Å²) in [5, 5.41) is 6.68. The molecule has 154 valence electrons. The van der Waals surface area contributed by atoms with Crippen LogP contribution in [0.5, 0.6) is 5.75 Å². The summed E-state index contributed by atoms with van der Waals surface area (Å²) in [6, 6.07) is 21.4. The van der Waals surface area contributed by atoms with Gasteiger partial charge in [-0.05, 0) is 49.7 Å². The number of ether oxygens (including phenoxy) is 1. The van der Waals surface area contributed by atoms with Gasteiger partial charge in [0.15, 0.2) is 6.61 Å². The number of rotatable bonds is 8. The first-order valence-electron chi connectivity index (χ1n) is 9.49. The first kappa shape index (κ1) is 21.6. The van der Waals surface area contributed by atoms with Crippen LogP contribution < -0.4 is 10.1 Å². The van der Waals surface area contributed by atoms with Crippen molar-refractivity contribution in [2.45, 2.75) is 20.5 Å². The van der Waals surface area contributed by atoms with Crippen molar-refractivity contribution in [2.24, 2.45) is 5.16 Å². The molecular weight excluding hydrogens is 444 g/mol. The molecule has 3 aromatic rings. The van der Waals surface area contributed by atoms with Crippen molar-refractivity contribution < 1.29 is 14.4 Å². The Bertz CT molecular complexity index is 1020. The van der Waals surface area contributed by atoms with Crippen LogP contribution in [0.3, 0.4) is 0 Å². The summed E-state index contributed by atoms with van der Waals surface area (Å²) in [5.74, 6) is 0.399. The zero-order chi connectivity index (χ0) is 21.3. The van der Waals surface area contributed by atoms with Gasteiger partial charge in [-0.25, -0.2) is 0 Å². The second-order valence-electron chi connectivity index (χ2n) is 6.88.